The van der Waals surface area contributed by atoms with Crippen molar-refractivity contribution >= 4 is 6.09 Å². The third-order valence-corrected chi connectivity index (χ3v) is 5.75. The van der Waals surface area contributed by atoms with E-state index in [-0.39, 0.29) is 12.1 Å². The molecule has 3 aliphatic rings. The molecule has 1 saturated carbocycles. The Morgan fingerprint density at radius 1 is 1.09 bits per heavy atom. The van der Waals surface area contributed by atoms with E-state index >= 15 is 0 Å². The molecule has 2 aliphatic heterocycles. The largest absolute Gasteiger partial charge is 0.444 e. The first-order valence-electron chi connectivity index (χ1n) is 9.25. The van der Waals surface area contributed by atoms with Crippen LogP contribution in [0.2, 0.25) is 0 Å². The Morgan fingerprint density at radius 3 is 2.26 bits per heavy atom. The number of hydrogen-bond donors (Lipinski definition) is 2. The summed E-state index contributed by atoms with van der Waals surface area (Å²) in [5.41, 5.74) is -0.418. The lowest BCUT2D eigenvalue weighted by molar-refractivity contribution is 0.0462. The highest BCUT2D eigenvalue weighted by atomic mass is 16.6. The van der Waals surface area contributed by atoms with Gasteiger partial charge >= 0.3 is 6.09 Å². The Balaban J connectivity index is 1.30. The van der Waals surface area contributed by atoms with Crippen LogP contribution in [-0.2, 0) is 4.74 Å². The van der Waals surface area contributed by atoms with Crippen molar-refractivity contribution in [3.05, 3.63) is 0 Å². The van der Waals surface area contributed by atoms with Crippen LogP contribution in [0.15, 0.2) is 0 Å². The fraction of sp³-hybridized carbons (Fsp3) is 0.944. The molecule has 0 aromatic heterocycles. The Bertz CT molecular complexity index is 414. The van der Waals surface area contributed by atoms with Crippen molar-refractivity contribution in [2.45, 2.75) is 89.1 Å². The number of fused-ring (bicyclic) bond motifs is 2. The average molecular weight is 323 g/mol. The SMILES string of the molecule is CN1C2CCC1CC(CNC1CC(NC(=O)OC(C)(C)C)C1)C2. The Hall–Kier alpha value is -0.810. The first-order valence-corrected chi connectivity index (χ1v) is 9.25. The third kappa shape index (κ3) is 4.38. The molecule has 3 rings (SSSR count). The van der Waals surface area contributed by atoms with Crippen LogP contribution < -0.4 is 10.6 Å². The lowest BCUT2D eigenvalue weighted by atomic mass is 9.85. The average Bonchev–Trinajstić information content (AvgIpc) is 2.61. The van der Waals surface area contributed by atoms with E-state index < -0.39 is 5.60 Å². The molecule has 2 saturated heterocycles. The van der Waals surface area contributed by atoms with E-state index in [2.05, 4.69) is 22.6 Å². The fourth-order valence-corrected chi connectivity index (χ4v) is 4.40. The minimum atomic E-state index is -0.418. The van der Waals surface area contributed by atoms with Crippen LogP contribution in [-0.4, -0.2) is 54.4 Å². The van der Waals surface area contributed by atoms with Crippen LogP contribution in [0.25, 0.3) is 0 Å². The van der Waals surface area contributed by atoms with E-state index in [1.54, 1.807) is 0 Å². The molecule has 2 atom stereocenters. The van der Waals surface area contributed by atoms with Gasteiger partial charge in [-0.05, 0) is 78.8 Å². The molecule has 2 bridgehead atoms. The van der Waals surface area contributed by atoms with Crippen LogP contribution in [0, 0.1) is 5.92 Å². The maximum atomic E-state index is 11.7. The molecule has 0 radical (unpaired) electrons. The number of amides is 1. The van der Waals surface area contributed by atoms with Gasteiger partial charge < -0.3 is 20.3 Å². The van der Waals surface area contributed by atoms with Gasteiger partial charge in [0.15, 0.2) is 0 Å². The van der Waals surface area contributed by atoms with Crippen molar-refractivity contribution in [2.24, 2.45) is 5.92 Å². The van der Waals surface area contributed by atoms with Crippen LogP contribution in [0.1, 0.15) is 59.3 Å². The van der Waals surface area contributed by atoms with E-state index in [0.29, 0.717) is 6.04 Å². The second-order valence-corrected chi connectivity index (χ2v) is 8.81. The molecule has 5 heteroatoms. The molecule has 5 nitrogen and oxygen atoms in total. The van der Waals surface area contributed by atoms with Gasteiger partial charge in [0.1, 0.15) is 5.60 Å². The molecule has 0 spiro atoms. The van der Waals surface area contributed by atoms with Gasteiger partial charge in [-0.1, -0.05) is 0 Å². The maximum absolute atomic E-state index is 11.7. The molecule has 132 valence electrons. The number of ether oxygens (including phenoxy) is 1. The molecule has 0 aromatic carbocycles. The van der Waals surface area contributed by atoms with Crippen molar-refractivity contribution in [3.63, 3.8) is 0 Å². The molecule has 2 N–H and O–H groups in total. The molecule has 1 aliphatic carbocycles. The van der Waals surface area contributed by atoms with Crippen molar-refractivity contribution in [2.75, 3.05) is 13.6 Å². The standard InChI is InChI=1S/C18H33N3O2/c1-18(2,3)23-17(22)20-14-9-13(10-14)19-11-12-7-15-5-6-16(8-12)21(15)4/h12-16,19H,5-11H2,1-4H3,(H,20,22). The molecule has 3 fully saturated rings. The van der Waals surface area contributed by atoms with Crippen LogP contribution in [0.5, 0.6) is 0 Å². The predicted octanol–water partition coefficient (Wildman–Crippen LogP) is 2.50. The van der Waals surface area contributed by atoms with Crippen LogP contribution >= 0.6 is 0 Å². The molecule has 2 unspecified atom stereocenters. The van der Waals surface area contributed by atoms with Crippen molar-refractivity contribution in [3.8, 4) is 0 Å². The molecular weight excluding hydrogens is 290 g/mol. The zero-order valence-electron chi connectivity index (χ0n) is 15.1. The van der Waals surface area contributed by atoms with Gasteiger partial charge in [-0.2, -0.15) is 0 Å². The first kappa shape index (κ1) is 17.0. The molecule has 1 amide bonds. The van der Waals surface area contributed by atoms with Gasteiger partial charge in [-0.25, -0.2) is 4.79 Å². The molecule has 23 heavy (non-hydrogen) atoms. The summed E-state index contributed by atoms with van der Waals surface area (Å²) in [5, 5.41) is 6.68. The number of piperidine rings is 1. The highest BCUT2D eigenvalue weighted by Crippen LogP contribution is 2.37. The van der Waals surface area contributed by atoms with Crippen molar-refractivity contribution < 1.29 is 9.53 Å². The van der Waals surface area contributed by atoms with Crippen LogP contribution in [0.4, 0.5) is 4.79 Å². The minimum Gasteiger partial charge on any atom is -0.444 e. The minimum absolute atomic E-state index is 0.274. The van der Waals surface area contributed by atoms with E-state index in [1.165, 1.54) is 25.7 Å². The van der Waals surface area contributed by atoms with Crippen molar-refractivity contribution in [1.29, 1.82) is 0 Å². The summed E-state index contributed by atoms with van der Waals surface area (Å²) in [7, 11) is 2.30. The summed E-state index contributed by atoms with van der Waals surface area (Å²) in [6, 6.07) is 2.48. The number of nitrogens with one attached hydrogen (secondary N) is 2. The van der Waals surface area contributed by atoms with E-state index in [0.717, 1.165) is 37.4 Å². The topological polar surface area (TPSA) is 53.6 Å². The second-order valence-electron chi connectivity index (χ2n) is 8.81. The second kappa shape index (κ2) is 6.60. The quantitative estimate of drug-likeness (QED) is 0.835. The Labute approximate surface area is 140 Å². The number of carbonyl (C=O) groups is 1. The normalized spacial score (nSPS) is 37.3. The zero-order chi connectivity index (χ0) is 16.6. The molecular formula is C18H33N3O2. The lowest BCUT2D eigenvalue weighted by Gasteiger charge is -2.40. The maximum Gasteiger partial charge on any atom is 0.407 e. The summed E-state index contributed by atoms with van der Waals surface area (Å²) in [6.45, 7) is 6.83. The summed E-state index contributed by atoms with van der Waals surface area (Å²) in [4.78, 5) is 14.3. The van der Waals surface area contributed by atoms with Gasteiger partial charge in [0.25, 0.3) is 0 Å². The highest BCUT2D eigenvalue weighted by molar-refractivity contribution is 5.68. The van der Waals surface area contributed by atoms with Crippen LogP contribution in [0.3, 0.4) is 0 Å². The third-order valence-electron chi connectivity index (χ3n) is 5.75. The number of alkyl carbamates (subject to hydrolysis) is 1. The Morgan fingerprint density at radius 2 is 1.70 bits per heavy atom. The van der Waals surface area contributed by atoms with Gasteiger partial charge in [-0.3, -0.25) is 0 Å². The zero-order valence-corrected chi connectivity index (χ0v) is 15.1. The number of rotatable bonds is 4. The summed E-state index contributed by atoms with van der Waals surface area (Å²) >= 11 is 0. The van der Waals surface area contributed by atoms with Crippen molar-refractivity contribution in [1.82, 2.24) is 15.5 Å². The van der Waals surface area contributed by atoms with Gasteiger partial charge in [0, 0.05) is 24.2 Å². The predicted molar refractivity (Wildman–Crippen MR) is 91.5 cm³/mol. The number of nitrogens with zero attached hydrogens (tertiary/aromatic N) is 1. The molecule has 0 aromatic rings. The van der Waals surface area contributed by atoms with Gasteiger partial charge in [0.2, 0.25) is 0 Å². The smallest absolute Gasteiger partial charge is 0.407 e. The molecule has 2 heterocycles. The van der Waals surface area contributed by atoms with E-state index in [9.17, 15) is 4.79 Å². The van der Waals surface area contributed by atoms with E-state index in [1.807, 2.05) is 20.8 Å². The first-order chi connectivity index (χ1) is 10.8. The number of hydrogen-bond acceptors (Lipinski definition) is 4. The summed E-state index contributed by atoms with van der Waals surface area (Å²) in [5.74, 6) is 0.835. The Kier molecular flexibility index (Phi) is 4.88. The monoisotopic (exact) mass is 323 g/mol. The number of carbonyl (C=O) groups excluding carboxylic acids is 1. The summed E-state index contributed by atoms with van der Waals surface area (Å²) < 4.78 is 5.30. The van der Waals surface area contributed by atoms with E-state index in [4.69, 9.17) is 4.74 Å². The lowest BCUT2D eigenvalue weighted by Crippen LogP contribution is -2.54. The van der Waals surface area contributed by atoms with Gasteiger partial charge in [-0.15, -0.1) is 0 Å². The summed E-state index contributed by atoms with van der Waals surface area (Å²) in [6.07, 6.45) is 7.26. The van der Waals surface area contributed by atoms with Gasteiger partial charge in [0.05, 0.1) is 0 Å². The fourth-order valence-electron chi connectivity index (χ4n) is 4.40. The highest BCUT2D eigenvalue weighted by Gasteiger charge is 2.39.